The lowest BCUT2D eigenvalue weighted by molar-refractivity contribution is -0.131. The molecule has 1 rings (SSSR count). The number of hydrogen-bond donors (Lipinski definition) is 1. The van der Waals surface area contributed by atoms with Gasteiger partial charge in [-0.25, -0.2) is 0 Å². The van der Waals surface area contributed by atoms with Gasteiger partial charge in [-0.2, -0.15) is 0 Å². The van der Waals surface area contributed by atoms with Gasteiger partial charge >= 0.3 is 0 Å². The van der Waals surface area contributed by atoms with E-state index in [0.29, 0.717) is 12.6 Å². The number of rotatable bonds is 7. The summed E-state index contributed by atoms with van der Waals surface area (Å²) >= 11 is 0. The van der Waals surface area contributed by atoms with Gasteiger partial charge < -0.3 is 20.1 Å². The van der Waals surface area contributed by atoms with Crippen LogP contribution >= 0.6 is 0 Å². The average Bonchev–Trinajstić information content (AvgIpc) is 2.44. The normalized spacial score (nSPS) is 22.1. The summed E-state index contributed by atoms with van der Waals surface area (Å²) in [5.74, 6) is 0. The Morgan fingerprint density at radius 1 is 1.32 bits per heavy atom. The number of methoxy groups -OCH3 is 2. The van der Waals surface area contributed by atoms with Gasteiger partial charge in [0.1, 0.15) is 0 Å². The Bertz CT molecular complexity index is 253. The third kappa shape index (κ3) is 4.39. The molecule has 114 valence electrons. The van der Waals surface area contributed by atoms with Crippen molar-refractivity contribution in [2.75, 3.05) is 47.9 Å². The van der Waals surface area contributed by atoms with Crippen molar-refractivity contribution in [3.63, 3.8) is 0 Å². The zero-order valence-electron chi connectivity index (χ0n) is 13.2. The van der Waals surface area contributed by atoms with Crippen molar-refractivity contribution in [3.8, 4) is 0 Å². The van der Waals surface area contributed by atoms with Crippen molar-refractivity contribution in [2.24, 2.45) is 5.73 Å². The molecule has 0 aromatic heterocycles. The molecule has 0 bridgehead atoms. The number of likely N-dealkylation sites (tertiary alicyclic amines) is 1. The molecule has 2 N–H and O–H groups in total. The lowest BCUT2D eigenvalue weighted by Gasteiger charge is -2.46. The van der Waals surface area contributed by atoms with E-state index in [1.807, 2.05) is 0 Å². The summed E-state index contributed by atoms with van der Waals surface area (Å²) in [6.07, 6.45) is 3.00. The van der Waals surface area contributed by atoms with E-state index in [-0.39, 0.29) is 11.8 Å². The fraction of sp³-hybridized carbons (Fsp3) is 1.00. The predicted molar refractivity (Wildman–Crippen MR) is 78.2 cm³/mol. The number of nitrogens with two attached hydrogens (primary N) is 1. The van der Waals surface area contributed by atoms with Gasteiger partial charge in [-0.05, 0) is 47.0 Å². The summed E-state index contributed by atoms with van der Waals surface area (Å²) in [5.41, 5.74) is 5.95. The predicted octanol–water partition coefficient (Wildman–Crippen LogP) is 0.739. The molecule has 1 aliphatic rings. The highest BCUT2D eigenvalue weighted by Gasteiger charge is 2.36. The molecule has 0 saturated carbocycles. The van der Waals surface area contributed by atoms with E-state index in [1.54, 1.807) is 14.2 Å². The van der Waals surface area contributed by atoms with E-state index in [9.17, 15) is 0 Å². The van der Waals surface area contributed by atoms with Crippen molar-refractivity contribution < 1.29 is 9.47 Å². The standard InChI is InChI=1S/C14H31N3O2/c1-14(11-15,10-13(18-4)19-5)17(3)12-6-8-16(2)9-7-12/h12-13H,6-11,15H2,1-5H3. The van der Waals surface area contributed by atoms with Crippen LogP contribution in [0.5, 0.6) is 0 Å². The molecular formula is C14H31N3O2. The topological polar surface area (TPSA) is 51.0 Å². The van der Waals surface area contributed by atoms with Crippen LogP contribution in [0, 0.1) is 0 Å². The van der Waals surface area contributed by atoms with Gasteiger partial charge in [0.15, 0.2) is 6.29 Å². The summed E-state index contributed by atoms with van der Waals surface area (Å²) in [7, 11) is 7.73. The maximum absolute atomic E-state index is 6.04. The van der Waals surface area contributed by atoms with Gasteiger partial charge in [-0.15, -0.1) is 0 Å². The Balaban J connectivity index is 2.65. The van der Waals surface area contributed by atoms with Crippen LogP contribution in [0.1, 0.15) is 26.2 Å². The maximum Gasteiger partial charge on any atom is 0.158 e. The molecule has 1 atom stereocenters. The van der Waals surface area contributed by atoms with Crippen molar-refractivity contribution in [1.82, 2.24) is 9.80 Å². The lowest BCUT2D eigenvalue weighted by atomic mass is 9.91. The van der Waals surface area contributed by atoms with E-state index < -0.39 is 0 Å². The third-order valence-electron chi connectivity index (χ3n) is 4.66. The SMILES string of the molecule is COC(CC(C)(CN)N(C)C1CCN(C)CC1)OC. The van der Waals surface area contributed by atoms with Gasteiger partial charge in [0.05, 0.1) is 0 Å². The molecule has 5 heteroatoms. The molecule has 1 saturated heterocycles. The molecule has 0 aromatic carbocycles. The molecular weight excluding hydrogens is 242 g/mol. The van der Waals surface area contributed by atoms with Crippen LogP contribution < -0.4 is 5.73 Å². The van der Waals surface area contributed by atoms with Crippen LogP contribution in [-0.4, -0.2) is 75.6 Å². The minimum atomic E-state index is -0.192. The molecule has 0 radical (unpaired) electrons. The largest absolute Gasteiger partial charge is 0.356 e. The number of hydrogen-bond acceptors (Lipinski definition) is 5. The lowest BCUT2D eigenvalue weighted by Crippen LogP contribution is -2.57. The zero-order chi connectivity index (χ0) is 14.5. The first kappa shape index (κ1) is 16.9. The smallest absolute Gasteiger partial charge is 0.158 e. The Hall–Kier alpha value is -0.200. The second-order valence-electron chi connectivity index (χ2n) is 5.95. The summed E-state index contributed by atoms with van der Waals surface area (Å²) in [6.45, 7) is 5.14. The van der Waals surface area contributed by atoms with Gasteiger partial charge in [0.25, 0.3) is 0 Å². The number of ether oxygens (including phenoxy) is 2. The van der Waals surface area contributed by atoms with Crippen LogP contribution in [0.3, 0.4) is 0 Å². The maximum atomic E-state index is 6.04. The van der Waals surface area contributed by atoms with Gasteiger partial charge in [0.2, 0.25) is 0 Å². The molecule has 1 fully saturated rings. The van der Waals surface area contributed by atoms with E-state index in [0.717, 1.165) is 19.5 Å². The Kier molecular flexibility index (Phi) is 6.69. The first-order valence-corrected chi connectivity index (χ1v) is 7.14. The molecule has 1 aliphatic heterocycles. The molecule has 0 aliphatic carbocycles. The van der Waals surface area contributed by atoms with Crippen molar-refractivity contribution in [1.29, 1.82) is 0 Å². The quantitative estimate of drug-likeness (QED) is 0.693. The third-order valence-corrected chi connectivity index (χ3v) is 4.66. The van der Waals surface area contributed by atoms with Crippen LogP contribution in [0.25, 0.3) is 0 Å². The summed E-state index contributed by atoms with van der Waals surface area (Å²) in [5, 5.41) is 0. The van der Waals surface area contributed by atoms with Gasteiger partial charge in [0, 0.05) is 38.8 Å². The summed E-state index contributed by atoms with van der Waals surface area (Å²) in [4.78, 5) is 4.82. The second-order valence-corrected chi connectivity index (χ2v) is 5.95. The highest BCUT2D eigenvalue weighted by Crippen LogP contribution is 2.26. The first-order chi connectivity index (χ1) is 8.96. The van der Waals surface area contributed by atoms with Crippen LogP contribution in [0.4, 0.5) is 0 Å². The summed E-state index contributed by atoms with van der Waals surface area (Å²) < 4.78 is 10.7. The minimum absolute atomic E-state index is 0.0860. The van der Waals surface area contributed by atoms with Crippen molar-refractivity contribution in [3.05, 3.63) is 0 Å². The molecule has 0 aromatic rings. The Morgan fingerprint density at radius 3 is 2.26 bits per heavy atom. The van der Waals surface area contributed by atoms with Crippen molar-refractivity contribution in [2.45, 2.75) is 44.1 Å². The highest BCUT2D eigenvalue weighted by atomic mass is 16.7. The van der Waals surface area contributed by atoms with Crippen molar-refractivity contribution >= 4 is 0 Å². The summed E-state index contributed by atoms with van der Waals surface area (Å²) in [6, 6.07) is 0.596. The Labute approximate surface area is 118 Å². The fourth-order valence-electron chi connectivity index (χ4n) is 2.82. The average molecular weight is 273 g/mol. The molecule has 0 spiro atoms. The molecule has 0 amide bonds. The highest BCUT2D eigenvalue weighted by molar-refractivity contribution is 4.92. The monoisotopic (exact) mass is 273 g/mol. The number of nitrogens with zero attached hydrogens (tertiary/aromatic N) is 2. The van der Waals surface area contributed by atoms with E-state index in [4.69, 9.17) is 15.2 Å². The number of likely N-dealkylation sites (N-methyl/N-ethyl adjacent to an activating group) is 1. The molecule has 19 heavy (non-hydrogen) atoms. The van der Waals surface area contributed by atoms with Crippen LogP contribution in [0.15, 0.2) is 0 Å². The molecule has 1 heterocycles. The Morgan fingerprint density at radius 2 is 1.84 bits per heavy atom. The zero-order valence-corrected chi connectivity index (χ0v) is 13.2. The van der Waals surface area contributed by atoms with Crippen LogP contribution in [0.2, 0.25) is 0 Å². The first-order valence-electron chi connectivity index (χ1n) is 7.14. The number of piperidine rings is 1. The molecule has 5 nitrogen and oxygen atoms in total. The van der Waals surface area contributed by atoms with Gasteiger partial charge in [-0.3, -0.25) is 4.90 Å². The van der Waals surface area contributed by atoms with E-state index >= 15 is 0 Å². The molecule has 1 unspecified atom stereocenters. The second kappa shape index (κ2) is 7.55. The van der Waals surface area contributed by atoms with Gasteiger partial charge in [-0.1, -0.05) is 0 Å². The van der Waals surface area contributed by atoms with E-state index in [2.05, 4.69) is 30.8 Å². The van der Waals surface area contributed by atoms with Crippen LogP contribution in [-0.2, 0) is 9.47 Å². The van der Waals surface area contributed by atoms with E-state index in [1.165, 1.54) is 12.8 Å². The minimum Gasteiger partial charge on any atom is -0.356 e. The fourth-order valence-corrected chi connectivity index (χ4v) is 2.82.